The molecule has 0 bridgehead atoms. The Balaban J connectivity index is 0. The van der Waals surface area contributed by atoms with Gasteiger partial charge in [-0.3, -0.25) is 9.59 Å². The lowest BCUT2D eigenvalue weighted by molar-refractivity contribution is -0.171. The van der Waals surface area contributed by atoms with Gasteiger partial charge in [-0.15, -0.1) is 6.58 Å². The van der Waals surface area contributed by atoms with Crippen LogP contribution < -0.4 is 5.73 Å². The average molecular weight is 866 g/mol. The van der Waals surface area contributed by atoms with E-state index in [1.807, 2.05) is 0 Å². The summed E-state index contributed by atoms with van der Waals surface area (Å²) in [7, 11) is 0. The summed E-state index contributed by atoms with van der Waals surface area (Å²) in [4.78, 5) is 47.6. The first-order valence-electron chi connectivity index (χ1n) is 18.9. The Morgan fingerprint density at radius 2 is 0.983 bits per heavy atom. The van der Waals surface area contributed by atoms with Gasteiger partial charge in [-0.1, -0.05) is 6.08 Å². The van der Waals surface area contributed by atoms with E-state index >= 15 is 0 Å². The molecule has 58 heavy (non-hydrogen) atoms. The highest BCUT2D eigenvalue weighted by Crippen LogP contribution is 2.12. The van der Waals surface area contributed by atoms with Crippen LogP contribution in [0.25, 0.3) is 0 Å². The molecule has 0 aromatic heterocycles. The normalized spacial score (nSPS) is 16.4. The molecule has 0 heterocycles. The molecule has 0 spiro atoms. The van der Waals surface area contributed by atoms with Crippen molar-refractivity contribution in [3.63, 3.8) is 0 Å². The number of thioether (sulfide) groups is 1. The summed E-state index contributed by atoms with van der Waals surface area (Å²) in [5.41, 5.74) is 5.41. The van der Waals surface area contributed by atoms with Gasteiger partial charge in [0.05, 0.1) is 45.9 Å². The predicted octanol–water partition coefficient (Wildman–Crippen LogP) is -3.04. The first kappa shape index (κ1) is 57.5. The van der Waals surface area contributed by atoms with E-state index < -0.39 is 105 Å². The summed E-state index contributed by atoms with van der Waals surface area (Å²) in [5, 5.41) is 78.6. The molecular formula is C36H67NO20S. The molecular weight excluding hydrogens is 798 g/mol. The molecule has 22 heteroatoms. The minimum atomic E-state index is -1.79. The Morgan fingerprint density at radius 3 is 1.34 bits per heavy atom. The van der Waals surface area contributed by atoms with Gasteiger partial charge in [-0.2, -0.15) is 11.8 Å². The Kier molecular flexibility index (Phi) is 36.0. The molecule has 342 valence electrons. The summed E-state index contributed by atoms with van der Waals surface area (Å²) in [5.74, 6) is -1.61. The lowest BCUT2D eigenvalue weighted by Gasteiger charge is -2.26. The van der Waals surface area contributed by atoms with Gasteiger partial charge >= 0.3 is 23.9 Å². The summed E-state index contributed by atoms with van der Waals surface area (Å²) in [6.07, 6.45) is -14.5. The zero-order valence-electron chi connectivity index (χ0n) is 33.8. The number of ether oxygens (including phenoxy) is 8. The Labute approximate surface area is 343 Å². The van der Waals surface area contributed by atoms with Crippen molar-refractivity contribution in [2.45, 2.75) is 108 Å². The van der Waals surface area contributed by atoms with Crippen LogP contribution in [0.5, 0.6) is 0 Å². The van der Waals surface area contributed by atoms with E-state index in [2.05, 4.69) is 6.58 Å². The fourth-order valence-corrected chi connectivity index (χ4v) is 4.92. The molecule has 0 amide bonds. The van der Waals surface area contributed by atoms with Gasteiger partial charge in [0.25, 0.3) is 0 Å². The SMILES string of the molecule is C=CCO[C@@H](CC(=O)OCC)C(=O)OC[C@@H](O)[C@@H](O)[C@@H](O)[C@H](O)COCC.CCOC[C@@H](O)[C@H](O)[C@H](O)[C@H](O)COC(=O)[C@H](CC(=O)OCC)OCCCSCCN. The Bertz CT molecular complexity index is 1090. The monoisotopic (exact) mass is 865 g/mol. The van der Waals surface area contributed by atoms with Crippen LogP contribution in [-0.4, -0.2) is 210 Å². The molecule has 21 nitrogen and oxygen atoms in total. The van der Waals surface area contributed by atoms with Crippen LogP contribution in [0, 0.1) is 0 Å². The van der Waals surface area contributed by atoms with Crippen LogP contribution in [0.3, 0.4) is 0 Å². The topological polar surface area (TPSA) is 330 Å². The maximum absolute atomic E-state index is 12.3. The second kappa shape index (κ2) is 36.3. The number of hydrogen-bond donors (Lipinski definition) is 9. The first-order valence-corrected chi connectivity index (χ1v) is 20.1. The molecule has 10 N–H and O–H groups in total. The molecule has 10 atom stereocenters. The van der Waals surface area contributed by atoms with Gasteiger partial charge in [0.1, 0.15) is 62.0 Å². The smallest absolute Gasteiger partial charge is 0.335 e. The van der Waals surface area contributed by atoms with Crippen molar-refractivity contribution in [3.05, 3.63) is 12.7 Å². The van der Waals surface area contributed by atoms with Crippen molar-refractivity contribution >= 4 is 35.6 Å². The number of hydrogen-bond acceptors (Lipinski definition) is 22. The van der Waals surface area contributed by atoms with E-state index in [4.69, 9.17) is 43.6 Å². The molecule has 0 aromatic rings. The highest BCUT2D eigenvalue weighted by molar-refractivity contribution is 7.99. The fourth-order valence-electron chi connectivity index (χ4n) is 4.22. The number of rotatable bonds is 34. The quantitative estimate of drug-likeness (QED) is 0.0134. The lowest BCUT2D eigenvalue weighted by atomic mass is 10.0. The first-order chi connectivity index (χ1) is 27.6. The minimum Gasteiger partial charge on any atom is -0.466 e. The van der Waals surface area contributed by atoms with Gasteiger partial charge in [-0.05, 0) is 39.9 Å². The highest BCUT2D eigenvalue weighted by atomic mass is 32.2. The van der Waals surface area contributed by atoms with Crippen molar-refractivity contribution in [3.8, 4) is 0 Å². The van der Waals surface area contributed by atoms with Crippen LogP contribution in [-0.2, 0) is 57.1 Å². The molecule has 0 aliphatic carbocycles. The predicted molar refractivity (Wildman–Crippen MR) is 206 cm³/mol. The number of carbonyl (C=O) groups is 4. The Morgan fingerprint density at radius 1 is 0.586 bits per heavy atom. The van der Waals surface area contributed by atoms with Crippen molar-refractivity contribution in [1.29, 1.82) is 0 Å². The van der Waals surface area contributed by atoms with E-state index in [1.54, 1.807) is 39.5 Å². The van der Waals surface area contributed by atoms with Crippen LogP contribution in [0.15, 0.2) is 12.7 Å². The number of nitrogens with two attached hydrogens (primary N) is 1. The van der Waals surface area contributed by atoms with Gasteiger partial charge < -0.3 is 84.5 Å². The summed E-state index contributed by atoms with van der Waals surface area (Å²) < 4.78 is 39.8. The molecule has 0 unspecified atom stereocenters. The highest BCUT2D eigenvalue weighted by Gasteiger charge is 2.34. The van der Waals surface area contributed by atoms with Crippen LogP contribution in [0.4, 0.5) is 0 Å². The summed E-state index contributed by atoms with van der Waals surface area (Å²) in [6, 6.07) is 0. The third kappa shape index (κ3) is 27.3. The third-order valence-electron chi connectivity index (χ3n) is 7.32. The van der Waals surface area contributed by atoms with E-state index in [-0.39, 0.29) is 46.1 Å². The zero-order chi connectivity index (χ0) is 44.5. The number of carbonyl (C=O) groups excluding carboxylic acids is 4. The fraction of sp³-hybridized carbons (Fsp3) is 0.833. The van der Waals surface area contributed by atoms with Crippen molar-refractivity contribution in [2.24, 2.45) is 5.73 Å². The largest absolute Gasteiger partial charge is 0.466 e. The van der Waals surface area contributed by atoms with Crippen LogP contribution in [0.2, 0.25) is 0 Å². The van der Waals surface area contributed by atoms with Crippen LogP contribution in [0.1, 0.15) is 47.0 Å². The maximum atomic E-state index is 12.3. The number of aliphatic hydroxyl groups excluding tert-OH is 8. The molecule has 0 radical (unpaired) electrons. The average Bonchev–Trinajstić information content (AvgIpc) is 3.21. The molecule has 0 saturated heterocycles. The maximum Gasteiger partial charge on any atom is 0.335 e. The lowest BCUT2D eigenvalue weighted by Crippen LogP contribution is -2.48. The zero-order valence-corrected chi connectivity index (χ0v) is 34.7. The Hall–Kier alpha value is -2.55. The van der Waals surface area contributed by atoms with Crippen molar-refractivity contribution in [1.82, 2.24) is 0 Å². The molecule has 0 aromatic carbocycles. The molecule has 0 saturated carbocycles. The molecule has 0 fully saturated rings. The molecule has 0 rings (SSSR count). The minimum absolute atomic E-state index is 0.0211. The van der Waals surface area contributed by atoms with E-state index in [0.717, 1.165) is 11.5 Å². The second-order valence-electron chi connectivity index (χ2n) is 12.1. The summed E-state index contributed by atoms with van der Waals surface area (Å²) in [6.45, 7) is 9.83. The standard InChI is InChI=1S/C19H37NO10S.C17H30O10/c1-3-27-11-13(21)17(24)18(25)14(22)12-30-19(26)15(10-16(23)28-4-2)29-7-5-8-31-9-6-20;1-4-7-26-13(8-14(20)25-6-3)17(23)27-10-12(19)16(22)15(21)11(18)9-24-5-2/h13-15,17-18,21-22,24-25H,3-12,20H2,1-2H3;4,11-13,15-16,18-19,21-22H,1,5-10H2,2-3H3/t13-,14-,15+,17+,18-;11-,12-,13+,15+,16-/m11/s1. The van der Waals surface area contributed by atoms with E-state index in [0.29, 0.717) is 26.2 Å². The van der Waals surface area contributed by atoms with Gasteiger partial charge in [0, 0.05) is 32.1 Å². The van der Waals surface area contributed by atoms with Gasteiger partial charge in [-0.25, -0.2) is 9.59 Å². The third-order valence-corrected chi connectivity index (χ3v) is 8.43. The summed E-state index contributed by atoms with van der Waals surface area (Å²) >= 11 is 1.64. The van der Waals surface area contributed by atoms with E-state index in [1.165, 1.54) is 6.08 Å². The second-order valence-corrected chi connectivity index (χ2v) is 13.3. The van der Waals surface area contributed by atoms with Crippen molar-refractivity contribution < 1.29 is 97.9 Å². The van der Waals surface area contributed by atoms with E-state index in [9.17, 15) is 60.0 Å². The van der Waals surface area contributed by atoms with Crippen LogP contribution >= 0.6 is 11.8 Å². The number of aliphatic hydroxyl groups is 8. The molecule has 0 aliphatic heterocycles. The van der Waals surface area contributed by atoms with Gasteiger partial charge in [0.15, 0.2) is 12.2 Å². The van der Waals surface area contributed by atoms with Crippen molar-refractivity contribution in [2.75, 3.05) is 84.1 Å². The number of esters is 4. The molecule has 0 aliphatic rings. The van der Waals surface area contributed by atoms with Gasteiger partial charge in [0.2, 0.25) is 0 Å².